The molecule has 0 heterocycles. The van der Waals surface area contributed by atoms with Gasteiger partial charge in [0, 0.05) is 4.47 Å². The molecule has 74 valence electrons. The van der Waals surface area contributed by atoms with Gasteiger partial charge in [0.2, 0.25) is 0 Å². The van der Waals surface area contributed by atoms with E-state index in [-0.39, 0.29) is 5.75 Å². The molecule has 0 amide bonds. The minimum Gasteiger partial charge on any atom is -0.434 e. The molecule has 0 aliphatic carbocycles. The lowest BCUT2D eigenvalue weighted by Crippen LogP contribution is -2.02. The Kier molecular flexibility index (Phi) is 3.84. The van der Waals surface area contributed by atoms with Crippen LogP contribution in [0.5, 0.6) is 5.75 Å². The predicted octanol–water partition coefficient (Wildman–Crippen LogP) is 3.68. The highest BCUT2D eigenvalue weighted by Gasteiger charge is 2.11. The maximum atomic E-state index is 11.9. The first-order chi connectivity index (χ1) is 6.54. The first-order valence-corrected chi connectivity index (χ1v) is 4.97. The van der Waals surface area contributed by atoms with E-state index in [0.717, 1.165) is 0 Å². The number of ether oxygens (including phenoxy) is 1. The van der Waals surface area contributed by atoms with E-state index < -0.39 is 6.61 Å². The smallest absolute Gasteiger partial charge is 0.387 e. The van der Waals surface area contributed by atoms with Crippen molar-refractivity contribution in [2.24, 2.45) is 0 Å². The molecule has 2 nitrogen and oxygen atoms in total. The molecule has 0 spiro atoms. The van der Waals surface area contributed by atoms with E-state index in [2.05, 4.69) is 36.6 Å². The third kappa shape index (κ3) is 2.66. The van der Waals surface area contributed by atoms with Crippen LogP contribution in [0.1, 0.15) is 5.56 Å². The van der Waals surface area contributed by atoms with Crippen molar-refractivity contribution in [2.45, 2.75) is 6.61 Å². The summed E-state index contributed by atoms with van der Waals surface area (Å²) in [6, 6.07) is 4.62. The van der Waals surface area contributed by atoms with Crippen LogP contribution in [0.3, 0.4) is 0 Å². The summed E-state index contributed by atoms with van der Waals surface area (Å²) < 4.78 is 28.7. The highest BCUT2D eigenvalue weighted by Crippen LogP contribution is 2.32. The van der Waals surface area contributed by atoms with E-state index in [4.69, 9.17) is 5.26 Å². The van der Waals surface area contributed by atoms with Gasteiger partial charge in [0.15, 0.2) is 0 Å². The number of alkyl halides is 2. The van der Waals surface area contributed by atoms with Crippen LogP contribution in [0.25, 0.3) is 0 Å². The third-order valence-corrected chi connectivity index (χ3v) is 2.63. The summed E-state index contributed by atoms with van der Waals surface area (Å²) in [4.78, 5) is 0. The van der Waals surface area contributed by atoms with Crippen molar-refractivity contribution in [3.8, 4) is 11.8 Å². The number of nitrogens with zero attached hydrogens (tertiary/aromatic N) is 1. The summed E-state index contributed by atoms with van der Waals surface area (Å²) in [5, 5.41) is 8.63. The van der Waals surface area contributed by atoms with Gasteiger partial charge >= 0.3 is 6.61 Å². The van der Waals surface area contributed by atoms with Crippen LogP contribution in [-0.2, 0) is 0 Å². The summed E-state index contributed by atoms with van der Waals surface area (Å²) >= 11 is 6.08. The molecule has 1 aromatic carbocycles. The minimum atomic E-state index is -2.88. The van der Waals surface area contributed by atoms with E-state index in [0.29, 0.717) is 14.5 Å². The largest absolute Gasteiger partial charge is 0.434 e. The number of benzene rings is 1. The zero-order chi connectivity index (χ0) is 10.7. The van der Waals surface area contributed by atoms with Gasteiger partial charge < -0.3 is 4.74 Å². The molecule has 1 aromatic rings. The molecule has 0 aliphatic rings. The molecule has 0 saturated heterocycles. The number of halogens is 4. The first kappa shape index (κ1) is 11.4. The van der Waals surface area contributed by atoms with E-state index in [1.807, 2.05) is 6.07 Å². The van der Waals surface area contributed by atoms with Crippen LogP contribution in [0.2, 0.25) is 0 Å². The summed E-state index contributed by atoms with van der Waals surface area (Å²) in [6.07, 6.45) is 0. The molecule has 0 saturated carbocycles. The van der Waals surface area contributed by atoms with Crippen LogP contribution in [0, 0.1) is 11.3 Å². The Bertz CT molecular complexity index is 390. The average molecular weight is 327 g/mol. The summed E-state index contributed by atoms with van der Waals surface area (Å²) in [7, 11) is 0. The molecule has 0 N–H and O–H groups in total. The van der Waals surface area contributed by atoms with Crippen molar-refractivity contribution in [2.75, 3.05) is 0 Å². The quantitative estimate of drug-likeness (QED) is 0.830. The fourth-order valence-electron chi connectivity index (χ4n) is 0.801. The lowest BCUT2D eigenvalue weighted by molar-refractivity contribution is -0.0503. The Labute approximate surface area is 95.7 Å². The molecule has 0 radical (unpaired) electrons. The molecule has 6 heteroatoms. The van der Waals surface area contributed by atoms with Crippen molar-refractivity contribution < 1.29 is 13.5 Å². The van der Waals surface area contributed by atoms with Crippen LogP contribution in [-0.4, -0.2) is 6.61 Å². The van der Waals surface area contributed by atoms with E-state index in [9.17, 15) is 8.78 Å². The van der Waals surface area contributed by atoms with Crippen molar-refractivity contribution in [1.82, 2.24) is 0 Å². The van der Waals surface area contributed by atoms with Gasteiger partial charge in [0.05, 0.1) is 10.0 Å². The van der Waals surface area contributed by atoms with Crippen molar-refractivity contribution in [3.63, 3.8) is 0 Å². The van der Waals surface area contributed by atoms with Crippen molar-refractivity contribution >= 4 is 31.9 Å². The Balaban J connectivity index is 3.10. The standard InChI is InChI=1S/C8H3Br2F2NO/c9-5-2-7(14-8(11)12)6(10)1-4(5)3-13/h1-2,8H. The lowest BCUT2D eigenvalue weighted by atomic mass is 10.2. The fourth-order valence-corrected chi connectivity index (χ4v) is 1.65. The Morgan fingerprint density at radius 2 is 1.93 bits per heavy atom. The number of hydrogen-bond donors (Lipinski definition) is 0. The number of rotatable bonds is 2. The van der Waals surface area contributed by atoms with Crippen LogP contribution >= 0.6 is 31.9 Å². The third-order valence-electron chi connectivity index (χ3n) is 1.36. The first-order valence-electron chi connectivity index (χ1n) is 3.38. The van der Waals surface area contributed by atoms with E-state index >= 15 is 0 Å². The Morgan fingerprint density at radius 1 is 1.29 bits per heavy atom. The van der Waals surface area contributed by atoms with Gasteiger partial charge in [-0.25, -0.2) is 0 Å². The SMILES string of the molecule is N#Cc1cc(Br)c(OC(F)F)cc1Br. The lowest BCUT2D eigenvalue weighted by Gasteiger charge is -2.07. The zero-order valence-corrected chi connectivity index (χ0v) is 9.77. The van der Waals surface area contributed by atoms with Gasteiger partial charge in [-0.2, -0.15) is 14.0 Å². The second-order valence-corrected chi connectivity index (χ2v) is 3.96. The number of hydrogen-bond acceptors (Lipinski definition) is 2. The zero-order valence-electron chi connectivity index (χ0n) is 6.60. The maximum Gasteiger partial charge on any atom is 0.387 e. The average Bonchev–Trinajstić information content (AvgIpc) is 2.10. The maximum absolute atomic E-state index is 11.9. The van der Waals surface area contributed by atoms with Crippen LogP contribution < -0.4 is 4.74 Å². The van der Waals surface area contributed by atoms with E-state index in [1.165, 1.54) is 12.1 Å². The molecule has 0 aliphatic heterocycles. The summed E-state index contributed by atoms with van der Waals surface area (Å²) in [6.45, 7) is -2.88. The molecular weight excluding hydrogens is 324 g/mol. The van der Waals surface area contributed by atoms with Gasteiger partial charge in [-0.3, -0.25) is 0 Å². The molecule has 0 fully saturated rings. The normalized spacial score (nSPS) is 10.0. The predicted molar refractivity (Wildman–Crippen MR) is 53.2 cm³/mol. The minimum absolute atomic E-state index is 0.00845. The highest BCUT2D eigenvalue weighted by molar-refractivity contribution is 9.11. The van der Waals surface area contributed by atoms with Gasteiger partial charge in [-0.15, -0.1) is 0 Å². The molecule has 0 unspecified atom stereocenters. The molecule has 0 bridgehead atoms. The van der Waals surface area contributed by atoms with E-state index in [1.54, 1.807) is 0 Å². The monoisotopic (exact) mass is 325 g/mol. The second-order valence-electron chi connectivity index (χ2n) is 2.25. The van der Waals surface area contributed by atoms with Crippen LogP contribution in [0.4, 0.5) is 8.78 Å². The molecule has 1 rings (SSSR count). The van der Waals surface area contributed by atoms with Gasteiger partial charge in [0.1, 0.15) is 11.8 Å². The van der Waals surface area contributed by atoms with Crippen molar-refractivity contribution in [1.29, 1.82) is 5.26 Å². The topological polar surface area (TPSA) is 33.0 Å². The highest BCUT2D eigenvalue weighted by atomic mass is 79.9. The summed E-state index contributed by atoms with van der Waals surface area (Å²) in [5.74, 6) is -0.00845. The summed E-state index contributed by atoms with van der Waals surface area (Å²) in [5.41, 5.74) is 0.346. The fraction of sp³-hybridized carbons (Fsp3) is 0.125. The van der Waals surface area contributed by atoms with Gasteiger partial charge in [0.25, 0.3) is 0 Å². The Hall–Kier alpha value is -0.670. The van der Waals surface area contributed by atoms with Crippen LogP contribution in [0.15, 0.2) is 21.1 Å². The van der Waals surface area contributed by atoms with Gasteiger partial charge in [-0.1, -0.05) is 0 Å². The number of nitriles is 1. The molecule has 14 heavy (non-hydrogen) atoms. The van der Waals surface area contributed by atoms with Gasteiger partial charge in [-0.05, 0) is 44.0 Å². The Morgan fingerprint density at radius 3 is 2.43 bits per heavy atom. The molecule has 0 atom stereocenters. The second kappa shape index (κ2) is 4.71. The van der Waals surface area contributed by atoms with Crippen molar-refractivity contribution in [3.05, 3.63) is 26.6 Å². The molecular formula is C8H3Br2F2NO. The molecule has 0 aromatic heterocycles.